The van der Waals surface area contributed by atoms with Gasteiger partial charge in [0.1, 0.15) is 11.8 Å². The van der Waals surface area contributed by atoms with Crippen LogP contribution in [-0.2, 0) is 4.79 Å². The monoisotopic (exact) mass is 413 g/mol. The second-order valence-corrected chi connectivity index (χ2v) is 6.96. The number of benzene rings is 1. The number of pyridine rings is 1. The van der Waals surface area contributed by atoms with Gasteiger partial charge in [0, 0.05) is 23.7 Å². The zero-order valence-electron chi connectivity index (χ0n) is 17.6. The van der Waals surface area contributed by atoms with Crippen LogP contribution < -0.4 is 11.1 Å². The number of imidazole rings is 1. The van der Waals surface area contributed by atoms with Gasteiger partial charge in [-0.05, 0) is 44.5 Å². The summed E-state index contributed by atoms with van der Waals surface area (Å²) in [6, 6.07) is 11.3. The third-order valence-corrected chi connectivity index (χ3v) is 4.60. The van der Waals surface area contributed by atoms with Gasteiger partial charge in [0.05, 0.1) is 22.3 Å². The zero-order valence-corrected chi connectivity index (χ0v) is 17.6. The van der Waals surface area contributed by atoms with Gasteiger partial charge in [-0.1, -0.05) is 24.6 Å². The molecule has 0 aliphatic carbocycles. The Kier molecular flexibility index (Phi) is 6.58. The fourth-order valence-corrected chi connectivity index (χ4v) is 2.83. The number of amides is 1. The predicted octanol–water partition coefficient (Wildman–Crippen LogP) is 3.80. The molecule has 156 valence electrons. The van der Waals surface area contributed by atoms with E-state index in [0.29, 0.717) is 22.8 Å². The first-order chi connectivity index (χ1) is 14.9. The van der Waals surface area contributed by atoms with Crippen LogP contribution in [0.4, 0.5) is 5.95 Å². The van der Waals surface area contributed by atoms with E-state index in [0.717, 1.165) is 23.0 Å². The van der Waals surface area contributed by atoms with Crippen LogP contribution in [0.5, 0.6) is 0 Å². The molecule has 1 aromatic carbocycles. The number of rotatable bonds is 6. The van der Waals surface area contributed by atoms with Gasteiger partial charge in [-0.25, -0.2) is 9.98 Å². The molecule has 3 rings (SSSR count). The minimum Gasteiger partial charge on any atom is -0.400 e. The van der Waals surface area contributed by atoms with Crippen molar-refractivity contribution < 1.29 is 4.79 Å². The molecule has 0 saturated heterocycles. The number of hydrogen-bond donors (Lipinski definition) is 3. The summed E-state index contributed by atoms with van der Waals surface area (Å²) in [7, 11) is 0. The summed E-state index contributed by atoms with van der Waals surface area (Å²) in [5.41, 5.74) is 10.2. The Balaban J connectivity index is 2.03. The number of hydrogen-bond acceptors (Lipinski definition) is 6. The molecule has 2 aromatic heterocycles. The lowest BCUT2D eigenvalue weighted by Crippen LogP contribution is -2.19. The normalized spacial score (nSPS) is 13.0. The number of nitrogens with one attached hydrogen (secondary N) is 2. The van der Waals surface area contributed by atoms with Crippen LogP contribution in [0.25, 0.3) is 11.0 Å². The van der Waals surface area contributed by atoms with Crippen molar-refractivity contribution in [2.45, 2.75) is 27.2 Å². The Bertz CT molecular complexity index is 1220. The highest BCUT2D eigenvalue weighted by atomic mass is 16.2. The van der Waals surface area contributed by atoms with Gasteiger partial charge >= 0.3 is 0 Å². The molecule has 2 heterocycles. The number of aromatic amines is 1. The first-order valence-corrected chi connectivity index (χ1v) is 9.75. The topological polar surface area (TPSA) is 133 Å². The van der Waals surface area contributed by atoms with Crippen molar-refractivity contribution in [3.05, 3.63) is 76.9 Å². The van der Waals surface area contributed by atoms with Crippen molar-refractivity contribution in [2.24, 2.45) is 10.7 Å². The summed E-state index contributed by atoms with van der Waals surface area (Å²) in [5, 5.41) is 12.2. The Morgan fingerprint density at radius 2 is 2.10 bits per heavy atom. The minimum atomic E-state index is -0.508. The van der Waals surface area contributed by atoms with Gasteiger partial charge < -0.3 is 10.7 Å². The van der Waals surface area contributed by atoms with Crippen LogP contribution in [0.2, 0.25) is 0 Å². The van der Waals surface area contributed by atoms with Crippen molar-refractivity contribution in [3.63, 3.8) is 0 Å². The zero-order chi connectivity index (χ0) is 22.4. The Morgan fingerprint density at radius 1 is 1.32 bits per heavy atom. The maximum atomic E-state index is 13.0. The highest BCUT2D eigenvalue weighted by Gasteiger charge is 2.16. The highest BCUT2D eigenvalue weighted by Crippen LogP contribution is 2.17. The van der Waals surface area contributed by atoms with E-state index in [1.807, 2.05) is 44.2 Å². The fourth-order valence-electron chi connectivity index (χ4n) is 2.83. The molecule has 8 nitrogen and oxygen atoms in total. The van der Waals surface area contributed by atoms with E-state index in [1.165, 1.54) is 6.20 Å². The number of aromatic nitrogens is 3. The Hall–Kier alpha value is -4.25. The molecule has 0 aliphatic heterocycles. The maximum Gasteiger partial charge on any atom is 0.278 e. The Labute approximate surface area is 180 Å². The Morgan fingerprint density at radius 3 is 2.77 bits per heavy atom. The number of fused-ring (bicyclic) bond motifs is 1. The van der Waals surface area contributed by atoms with E-state index in [-0.39, 0.29) is 11.4 Å². The van der Waals surface area contributed by atoms with E-state index in [9.17, 15) is 10.1 Å². The molecule has 0 spiro atoms. The second-order valence-electron chi connectivity index (χ2n) is 6.96. The highest BCUT2D eigenvalue weighted by molar-refractivity contribution is 6.14. The van der Waals surface area contributed by atoms with E-state index < -0.39 is 5.91 Å². The third-order valence-electron chi connectivity index (χ3n) is 4.60. The number of nitriles is 1. The molecule has 0 radical (unpaired) electrons. The summed E-state index contributed by atoms with van der Waals surface area (Å²) in [6.45, 7) is 5.57. The van der Waals surface area contributed by atoms with Crippen LogP contribution in [0, 0.1) is 11.3 Å². The van der Waals surface area contributed by atoms with Gasteiger partial charge in [-0.15, -0.1) is 0 Å². The van der Waals surface area contributed by atoms with Gasteiger partial charge in [0.2, 0.25) is 5.95 Å². The van der Waals surface area contributed by atoms with E-state index in [4.69, 9.17) is 5.73 Å². The van der Waals surface area contributed by atoms with E-state index in [1.54, 1.807) is 19.2 Å². The van der Waals surface area contributed by atoms with Crippen LogP contribution in [-0.4, -0.2) is 26.6 Å². The van der Waals surface area contributed by atoms with Crippen molar-refractivity contribution in [1.82, 2.24) is 15.0 Å². The van der Waals surface area contributed by atoms with Crippen LogP contribution in [0.3, 0.4) is 0 Å². The molecule has 8 heteroatoms. The average Bonchev–Trinajstić information content (AvgIpc) is 3.18. The summed E-state index contributed by atoms with van der Waals surface area (Å²) < 4.78 is 0. The first kappa shape index (κ1) is 21.5. The van der Waals surface area contributed by atoms with E-state index in [2.05, 4.69) is 31.3 Å². The van der Waals surface area contributed by atoms with E-state index >= 15 is 0 Å². The standard InChI is InChI=1S/C23H23N7O/c1-4-14(2)11-20(17-9-10-26-13-16(17)12-24)27-21(15(3)25)22(31)30-23-28-18-7-5-6-8-19(18)29-23/h5-11,13H,4,25H2,1-3H3,(H2,28,29,30,31)/b14-11+,21-15+,27-20+. The summed E-state index contributed by atoms with van der Waals surface area (Å²) >= 11 is 0. The summed E-state index contributed by atoms with van der Waals surface area (Å²) in [4.78, 5) is 29.0. The number of anilines is 1. The SMILES string of the molecule is CC/C(C)=C/C(=N\C(C(=O)Nc1nc2ccccc2[nH]1)=C(/C)N)c1ccncc1C#N. The lowest BCUT2D eigenvalue weighted by atomic mass is 10.0. The predicted molar refractivity (Wildman–Crippen MR) is 121 cm³/mol. The largest absolute Gasteiger partial charge is 0.400 e. The molecule has 0 bridgehead atoms. The average molecular weight is 413 g/mol. The molecule has 1 amide bonds. The second kappa shape index (κ2) is 9.50. The van der Waals surface area contributed by atoms with Crippen molar-refractivity contribution in [1.29, 1.82) is 5.26 Å². The number of carbonyl (C=O) groups is 1. The molecular formula is C23H23N7O. The lowest BCUT2D eigenvalue weighted by Gasteiger charge is -2.09. The smallest absolute Gasteiger partial charge is 0.278 e. The van der Waals surface area contributed by atoms with Crippen molar-refractivity contribution in [3.8, 4) is 6.07 Å². The quantitative estimate of drug-likeness (QED) is 0.417. The van der Waals surface area contributed by atoms with Gasteiger partial charge in [-0.2, -0.15) is 5.26 Å². The number of nitrogens with zero attached hydrogens (tertiary/aromatic N) is 4. The number of aliphatic imine (C=N–C) groups is 1. The number of carbonyl (C=O) groups excluding carboxylic acids is 1. The molecule has 4 N–H and O–H groups in total. The summed E-state index contributed by atoms with van der Waals surface area (Å²) in [6.07, 6.45) is 5.67. The van der Waals surface area contributed by atoms with Crippen LogP contribution in [0.15, 0.2) is 70.8 Å². The van der Waals surface area contributed by atoms with Gasteiger partial charge in [0.15, 0.2) is 0 Å². The lowest BCUT2D eigenvalue weighted by molar-refractivity contribution is -0.113. The molecule has 0 aliphatic rings. The molecular weight excluding hydrogens is 390 g/mol. The molecule has 0 saturated carbocycles. The molecule has 3 aromatic rings. The molecule has 31 heavy (non-hydrogen) atoms. The first-order valence-electron chi connectivity index (χ1n) is 9.75. The van der Waals surface area contributed by atoms with Gasteiger partial charge in [0.25, 0.3) is 5.91 Å². The number of H-pyrrole nitrogens is 1. The van der Waals surface area contributed by atoms with Crippen molar-refractivity contribution >= 4 is 28.6 Å². The van der Waals surface area contributed by atoms with Crippen LogP contribution in [0.1, 0.15) is 38.3 Å². The number of para-hydroxylation sites is 2. The number of allylic oxidation sites excluding steroid dienone is 3. The van der Waals surface area contributed by atoms with Crippen LogP contribution >= 0.6 is 0 Å². The molecule has 0 unspecified atom stereocenters. The summed E-state index contributed by atoms with van der Waals surface area (Å²) in [5.74, 6) is -0.213. The fraction of sp³-hybridized carbons (Fsp3) is 0.174. The van der Waals surface area contributed by atoms with Crippen molar-refractivity contribution in [2.75, 3.05) is 5.32 Å². The van der Waals surface area contributed by atoms with Gasteiger partial charge in [-0.3, -0.25) is 15.1 Å². The maximum absolute atomic E-state index is 13.0. The number of nitrogens with two attached hydrogens (primary N) is 1. The minimum absolute atomic E-state index is 0.0383. The molecule has 0 atom stereocenters. The third kappa shape index (κ3) is 5.03. The molecule has 0 fully saturated rings.